The molecule has 1 aliphatic carbocycles. The molecular formula is C12H12BrFO3. The third kappa shape index (κ3) is 2.04. The number of rotatable bonds is 3. The highest BCUT2D eigenvalue weighted by Gasteiger charge is 2.54. The first-order valence-corrected chi connectivity index (χ1v) is 6.16. The number of phenolic OH excluding ortho intramolecular Hbond substituents is 1. The van der Waals surface area contributed by atoms with Crippen LogP contribution in [-0.4, -0.2) is 17.7 Å². The lowest BCUT2D eigenvalue weighted by atomic mass is 9.95. The number of halogens is 2. The fraction of sp³-hybridized carbons (Fsp3) is 0.417. The van der Waals surface area contributed by atoms with Crippen LogP contribution in [0.1, 0.15) is 25.3 Å². The van der Waals surface area contributed by atoms with Crippen LogP contribution in [0, 0.1) is 5.82 Å². The van der Waals surface area contributed by atoms with Gasteiger partial charge in [0.15, 0.2) is 0 Å². The van der Waals surface area contributed by atoms with E-state index < -0.39 is 17.2 Å². The van der Waals surface area contributed by atoms with Crippen molar-refractivity contribution in [1.29, 1.82) is 0 Å². The molecule has 0 amide bonds. The summed E-state index contributed by atoms with van der Waals surface area (Å²) < 4.78 is 18.5. The summed E-state index contributed by atoms with van der Waals surface area (Å²) in [6.45, 7) is 1.99. The minimum atomic E-state index is -0.856. The Balaban J connectivity index is 2.44. The fourth-order valence-electron chi connectivity index (χ4n) is 1.91. The molecule has 0 saturated heterocycles. The summed E-state index contributed by atoms with van der Waals surface area (Å²) in [6, 6.07) is 2.37. The molecule has 0 aromatic heterocycles. The van der Waals surface area contributed by atoms with Crippen molar-refractivity contribution in [3.8, 4) is 5.75 Å². The molecular weight excluding hydrogens is 291 g/mol. The molecule has 1 aromatic rings. The standard InChI is InChI=1S/C12H12BrFO3/c1-2-17-11(16)12(3-4-12)8-5-7(14)6-9(13)10(8)15/h5-6,15H,2-4H2,1H3. The Bertz CT molecular complexity index is 469. The molecule has 0 unspecified atom stereocenters. The van der Waals surface area contributed by atoms with Crippen LogP contribution in [0.15, 0.2) is 16.6 Å². The van der Waals surface area contributed by atoms with Crippen LogP contribution in [0.2, 0.25) is 0 Å². The maximum atomic E-state index is 13.3. The third-order valence-corrected chi connectivity index (χ3v) is 3.56. The zero-order valence-electron chi connectivity index (χ0n) is 9.30. The Morgan fingerprint density at radius 2 is 2.24 bits per heavy atom. The van der Waals surface area contributed by atoms with Gasteiger partial charge in [-0.2, -0.15) is 0 Å². The van der Waals surface area contributed by atoms with Crippen molar-refractivity contribution >= 4 is 21.9 Å². The summed E-state index contributed by atoms with van der Waals surface area (Å²) in [5.41, 5.74) is -0.548. The van der Waals surface area contributed by atoms with E-state index >= 15 is 0 Å². The molecule has 1 fully saturated rings. The van der Waals surface area contributed by atoms with E-state index in [1.165, 1.54) is 12.1 Å². The van der Waals surface area contributed by atoms with Gasteiger partial charge < -0.3 is 9.84 Å². The van der Waals surface area contributed by atoms with E-state index in [9.17, 15) is 14.3 Å². The summed E-state index contributed by atoms with van der Waals surface area (Å²) in [6.07, 6.45) is 1.16. The van der Waals surface area contributed by atoms with Gasteiger partial charge in [0, 0.05) is 5.56 Å². The van der Waals surface area contributed by atoms with E-state index in [4.69, 9.17) is 4.74 Å². The number of benzene rings is 1. The molecule has 3 nitrogen and oxygen atoms in total. The number of carbonyl (C=O) groups excluding carboxylic acids is 1. The van der Waals surface area contributed by atoms with Crippen LogP contribution in [0.5, 0.6) is 5.75 Å². The van der Waals surface area contributed by atoms with E-state index in [1.807, 2.05) is 0 Å². The monoisotopic (exact) mass is 302 g/mol. The van der Waals surface area contributed by atoms with Gasteiger partial charge in [0.1, 0.15) is 11.6 Å². The van der Waals surface area contributed by atoms with Gasteiger partial charge in [0.05, 0.1) is 16.5 Å². The van der Waals surface area contributed by atoms with Crippen LogP contribution in [0.3, 0.4) is 0 Å². The van der Waals surface area contributed by atoms with Crippen molar-refractivity contribution in [3.63, 3.8) is 0 Å². The molecule has 0 aliphatic heterocycles. The molecule has 1 N–H and O–H groups in total. The maximum Gasteiger partial charge on any atom is 0.316 e. The van der Waals surface area contributed by atoms with Crippen LogP contribution in [0.25, 0.3) is 0 Å². The third-order valence-electron chi connectivity index (χ3n) is 2.96. The average molecular weight is 303 g/mol. The molecule has 17 heavy (non-hydrogen) atoms. The Morgan fingerprint density at radius 1 is 1.59 bits per heavy atom. The summed E-state index contributed by atoms with van der Waals surface area (Å²) in [5.74, 6) is -0.968. The highest BCUT2D eigenvalue weighted by atomic mass is 79.9. The number of hydrogen-bond acceptors (Lipinski definition) is 3. The first-order chi connectivity index (χ1) is 8.01. The number of aromatic hydroxyl groups is 1. The molecule has 0 atom stereocenters. The predicted octanol–water partition coefficient (Wildman–Crippen LogP) is 2.89. The van der Waals surface area contributed by atoms with Crippen molar-refractivity contribution in [1.82, 2.24) is 0 Å². The lowest BCUT2D eigenvalue weighted by Crippen LogP contribution is -2.23. The maximum absolute atomic E-state index is 13.3. The van der Waals surface area contributed by atoms with Gasteiger partial charge >= 0.3 is 5.97 Å². The zero-order valence-corrected chi connectivity index (χ0v) is 10.9. The normalized spacial score (nSPS) is 16.6. The van der Waals surface area contributed by atoms with Crippen molar-refractivity contribution in [2.75, 3.05) is 6.61 Å². The van der Waals surface area contributed by atoms with Gasteiger partial charge in [-0.25, -0.2) is 4.39 Å². The molecule has 0 spiro atoms. The van der Waals surface area contributed by atoms with Crippen molar-refractivity contribution in [3.05, 3.63) is 28.0 Å². The minimum absolute atomic E-state index is 0.0862. The van der Waals surface area contributed by atoms with Crippen molar-refractivity contribution < 1.29 is 19.0 Å². The van der Waals surface area contributed by atoms with Crippen LogP contribution >= 0.6 is 15.9 Å². The Kier molecular flexibility index (Phi) is 3.12. The smallest absolute Gasteiger partial charge is 0.316 e. The van der Waals surface area contributed by atoms with Gasteiger partial charge in [-0.1, -0.05) is 0 Å². The van der Waals surface area contributed by atoms with E-state index in [2.05, 4.69) is 15.9 Å². The molecule has 1 aromatic carbocycles. The summed E-state index contributed by atoms with van der Waals surface area (Å²) in [5, 5.41) is 9.89. The van der Waals surface area contributed by atoms with Crippen LogP contribution < -0.4 is 0 Å². The molecule has 0 heterocycles. The summed E-state index contributed by atoms with van der Waals surface area (Å²) >= 11 is 3.06. The fourth-order valence-corrected chi connectivity index (χ4v) is 2.34. The molecule has 92 valence electrons. The van der Waals surface area contributed by atoms with Gasteiger partial charge in [0.2, 0.25) is 0 Å². The number of ether oxygens (including phenoxy) is 1. The Hall–Kier alpha value is -1.10. The number of esters is 1. The average Bonchev–Trinajstić information content (AvgIpc) is 3.05. The predicted molar refractivity (Wildman–Crippen MR) is 63.3 cm³/mol. The largest absolute Gasteiger partial charge is 0.506 e. The summed E-state index contributed by atoms with van der Waals surface area (Å²) in [4.78, 5) is 11.8. The van der Waals surface area contributed by atoms with Gasteiger partial charge in [-0.3, -0.25) is 4.79 Å². The molecule has 5 heteroatoms. The number of carbonyl (C=O) groups is 1. The van der Waals surface area contributed by atoms with E-state index in [-0.39, 0.29) is 16.8 Å². The highest BCUT2D eigenvalue weighted by molar-refractivity contribution is 9.10. The zero-order chi connectivity index (χ0) is 12.6. The lowest BCUT2D eigenvalue weighted by molar-refractivity contribution is -0.146. The summed E-state index contributed by atoms with van der Waals surface area (Å²) in [7, 11) is 0. The Labute approximate surface area is 107 Å². The highest BCUT2D eigenvalue weighted by Crippen LogP contribution is 2.53. The van der Waals surface area contributed by atoms with Crippen molar-refractivity contribution in [2.45, 2.75) is 25.2 Å². The van der Waals surface area contributed by atoms with Gasteiger partial charge in [-0.15, -0.1) is 0 Å². The Morgan fingerprint density at radius 3 is 2.76 bits per heavy atom. The second-order valence-electron chi connectivity index (χ2n) is 4.09. The number of phenols is 1. The van der Waals surface area contributed by atoms with Crippen LogP contribution in [-0.2, 0) is 14.9 Å². The second-order valence-corrected chi connectivity index (χ2v) is 4.94. The lowest BCUT2D eigenvalue weighted by Gasteiger charge is -2.16. The molecule has 0 bridgehead atoms. The molecule has 0 radical (unpaired) electrons. The SMILES string of the molecule is CCOC(=O)C1(c2cc(F)cc(Br)c2O)CC1. The van der Waals surface area contributed by atoms with Gasteiger partial charge in [0.25, 0.3) is 0 Å². The molecule has 2 rings (SSSR count). The van der Waals surface area contributed by atoms with Crippen LogP contribution in [0.4, 0.5) is 4.39 Å². The van der Waals surface area contributed by atoms with E-state index in [0.29, 0.717) is 18.4 Å². The first-order valence-electron chi connectivity index (χ1n) is 5.37. The topological polar surface area (TPSA) is 46.5 Å². The van der Waals surface area contributed by atoms with Crippen molar-refractivity contribution in [2.24, 2.45) is 0 Å². The minimum Gasteiger partial charge on any atom is -0.506 e. The van der Waals surface area contributed by atoms with E-state index in [1.54, 1.807) is 6.92 Å². The quantitative estimate of drug-likeness (QED) is 0.873. The van der Waals surface area contributed by atoms with E-state index in [0.717, 1.165) is 0 Å². The molecule has 1 saturated carbocycles. The second kappa shape index (κ2) is 4.29. The van der Waals surface area contributed by atoms with Gasteiger partial charge in [-0.05, 0) is 47.8 Å². The number of hydrogen-bond donors (Lipinski definition) is 1. The molecule has 1 aliphatic rings. The first kappa shape index (κ1) is 12.4.